The number of hydrogen-bond acceptors (Lipinski definition) is 2. The third kappa shape index (κ3) is 1.93. The Morgan fingerprint density at radius 3 is 2.39 bits per heavy atom. The Hall–Kier alpha value is -2.35. The molecule has 0 fully saturated rings. The van der Waals surface area contributed by atoms with E-state index in [0.717, 1.165) is 11.4 Å². The summed E-state index contributed by atoms with van der Waals surface area (Å²) in [6.45, 7) is 2.14. The zero-order valence-corrected chi connectivity index (χ0v) is 10.2. The van der Waals surface area contributed by atoms with Gasteiger partial charge < -0.3 is 5.32 Å². The lowest BCUT2D eigenvalue weighted by atomic mass is 10.0. The molecule has 3 rings (SSSR count). The molecule has 0 amide bonds. The predicted octanol–water partition coefficient (Wildman–Crippen LogP) is 4.29. The summed E-state index contributed by atoms with van der Waals surface area (Å²) in [7, 11) is 0. The van der Waals surface area contributed by atoms with Gasteiger partial charge in [-0.1, -0.05) is 30.3 Å². The van der Waals surface area contributed by atoms with Crippen molar-refractivity contribution in [1.82, 2.24) is 4.98 Å². The highest BCUT2D eigenvalue weighted by Gasteiger charge is 2.02. The van der Waals surface area contributed by atoms with E-state index in [-0.39, 0.29) is 0 Å². The highest BCUT2D eigenvalue weighted by molar-refractivity contribution is 5.97. The molecule has 0 spiro atoms. The summed E-state index contributed by atoms with van der Waals surface area (Å²) in [5.74, 6) is 0. The average molecular weight is 234 g/mol. The monoisotopic (exact) mass is 234 g/mol. The molecular weight excluding hydrogens is 220 g/mol. The van der Waals surface area contributed by atoms with Crippen molar-refractivity contribution in [3.8, 4) is 0 Å². The lowest BCUT2D eigenvalue weighted by Crippen LogP contribution is -1.92. The van der Waals surface area contributed by atoms with Gasteiger partial charge in [0.05, 0.1) is 0 Å². The fourth-order valence-corrected chi connectivity index (χ4v) is 2.17. The summed E-state index contributed by atoms with van der Waals surface area (Å²) < 4.78 is 0. The van der Waals surface area contributed by atoms with E-state index in [1.807, 2.05) is 12.1 Å². The maximum absolute atomic E-state index is 4.02. The van der Waals surface area contributed by atoms with Crippen molar-refractivity contribution in [2.75, 3.05) is 5.32 Å². The van der Waals surface area contributed by atoms with Crippen molar-refractivity contribution < 1.29 is 0 Å². The van der Waals surface area contributed by atoms with Crippen molar-refractivity contribution in [3.05, 3.63) is 66.5 Å². The van der Waals surface area contributed by atoms with Gasteiger partial charge in [-0.15, -0.1) is 0 Å². The largest absolute Gasteiger partial charge is 0.355 e. The van der Waals surface area contributed by atoms with Crippen molar-refractivity contribution in [3.63, 3.8) is 0 Å². The van der Waals surface area contributed by atoms with Crippen LogP contribution in [0, 0.1) is 6.92 Å². The second kappa shape index (κ2) is 4.49. The molecule has 1 aromatic heterocycles. The van der Waals surface area contributed by atoms with E-state index >= 15 is 0 Å². The van der Waals surface area contributed by atoms with Gasteiger partial charge in [0.1, 0.15) is 0 Å². The Morgan fingerprint density at radius 2 is 1.56 bits per heavy atom. The number of aryl methyl sites for hydroxylation is 1. The molecule has 0 bridgehead atoms. The molecule has 0 aliphatic rings. The first-order chi connectivity index (χ1) is 8.84. The van der Waals surface area contributed by atoms with Crippen molar-refractivity contribution >= 4 is 22.1 Å². The Kier molecular flexibility index (Phi) is 2.69. The zero-order chi connectivity index (χ0) is 12.4. The minimum Gasteiger partial charge on any atom is -0.355 e. The molecule has 1 N–H and O–H groups in total. The molecule has 18 heavy (non-hydrogen) atoms. The third-order valence-electron chi connectivity index (χ3n) is 3.10. The Labute approximate surface area is 106 Å². The molecule has 0 aliphatic heterocycles. The Balaban J connectivity index is 2.10. The lowest BCUT2D eigenvalue weighted by Gasteiger charge is -2.10. The number of hydrogen-bond donors (Lipinski definition) is 1. The number of rotatable bonds is 2. The van der Waals surface area contributed by atoms with Crippen LogP contribution >= 0.6 is 0 Å². The van der Waals surface area contributed by atoms with Crippen LogP contribution in [0.4, 0.5) is 11.4 Å². The summed E-state index contributed by atoms with van der Waals surface area (Å²) in [5.41, 5.74) is 3.48. The van der Waals surface area contributed by atoms with Gasteiger partial charge in [-0.2, -0.15) is 0 Å². The SMILES string of the molecule is Cc1cccc2c(Nc3ccncc3)cccc12. The van der Waals surface area contributed by atoms with Crippen LogP contribution in [0.3, 0.4) is 0 Å². The zero-order valence-electron chi connectivity index (χ0n) is 10.2. The predicted molar refractivity (Wildman–Crippen MR) is 76.2 cm³/mol. The number of nitrogens with one attached hydrogen (secondary N) is 1. The number of nitrogens with zero attached hydrogens (tertiary/aromatic N) is 1. The van der Waals surface area contributed by atoms with Gasteiger partial charge in [-0.25, -0.2) is 0 Å². The van der Waals surface area contributed by atoms with Crippen LogP contribution in [0.5, 0.6) is 0 Å². The molecule has 0 radical (unpaired) electrons. The molecule has 1 heterocycles. The molecule has 88 valence electrons. The van der Waals surface area contributed by atoms with Gasteiger partial charge in [0.2, 0.25) is 0 Å². The van der Waals surface area contributed by atoms with Crippen LogP contribution in [-0.2, 0) is 0 Å². The van der Waals surface area contributed by atoms with E-state index in [2.05, 4.69) is 53.6 Å². The first-order valence-corrected chi connectivity index (χ1v) is 6.00. The minimum absolute atomic E-state index is 1.05. The number of anilines is 2. The number of aromatic nitrogens is 1. The third-order valence-corrected chi connectivity index (χ3v) is 3.10. The highest BCUT2D eigenvalue weighted by Crippen LogP contribution is 2.27. The second-order valence-corrected chi connectivity index (χ2v) is 4.34. The van der Waals surface area contributed by atoms with E-state index in [4.69, 9.17) is 0 Å². The summed E-state index contributed by atoms with van der Waals surface area (Å²) in [5, 5.41) is 5.97. The van der Waals surface area contributed by atoms with Gasteiger partial charge >= 0.3 is 0 Å². The molecule has 2 heteroatoms. The van der Waals surface area contributed by atoms with Crippen LogP contribution in [-0.4, -0.2) is 4.98 Å². The molecule has 0 atom stereocenters. The highest BCUT2D eigenvalue weighted by atomic mass is 14.9. The number of fused-ring (bicyclic) bond motifs is 1. The van der Waals surface area contributed by atoms with Crippen molar-refractivity contribution in [2.45, 2.75) is 6.92 Å². The second-order valence-electron chi connectivity index (χ2n) is 4.34. The van der Waals surface area contributed by atoms with E-state index in [1.165, 1.54) is 16.3 Å². The average Bonchev–Trinajstić information content (AvgIpc) is 2.41. The fourth-order valence-electron chi connectivity index (χ4n) is 2.17. The van der Waals surface area contributed by atoms with Gasteiger partial charge in [-0.3, -0.25) is 4.98 Å². The quantitative estimate of drug-likeness (QED) is 0.715. The minimum atomic E-state index is 1.05. The first-order valence-electron chi connectivity index (χ1n) is 6.00. The summed E-state index contributed by atoms with van der Waals surface area (Å²) >= 11 is 0. The van der Waals surface area contributed by atoms with E-state index in [0.29, 0.717) is 0 Å². The molecule has 0 saturated carbocycles. The molecule has 2 nitrogen and oxygen atoms in total. The van der Waals surface area contributed by atoms with Gasteiger partial charge in [0, 0.05) is 29.2 Å². The smallest absolute Gasteiger partial charge is 0.0464 e. The molecule has 2 aromatic carbocycles. The molecule has 0 aliphatic carbocycles. The maximum Gasteiger partial charge on any atom is 0.0464 e. The summed E-state index contributed by atoms with van der Waals surface area (Å²) in [6.07, 6.45) is 3.58. The van der Waals surface area contributed by atoms with E-state index in [9.17, 15) is 0 Å². The Morgan fingerprint density at radius 1 is 0.833 bits per heavy atom. The maximum atomic E-state index is 4.02. The normalized spacial score (nSPS) is 10.5. The van der Waals surface area contributed by atoms with Crippen LogP contribution < -0.4 is 5.32 Å². The van der Waals surface area contributed by atoms with Crippen LogP contribution in [0.15, 0.2) is 60.9 Å². The molecule has 0 saturated heterocycles. The van der Waals surface area contributed by atoms with Crippen LogP contribution in [0.1, 0.15) is 5.56 Å². The molecule has 3 aromatic rings. The topological polar surface area (TPSA) is 24.9 Å². The Bertz CT molecular complexity index is 675. The number of benzene rings is 2. The standard InChI is InChI=1S/C16H14N2/c1-12-4-2-6-15-14(12)5-3-7-16(15)18-13-8-10-17-11-9-13/h2-11H,1H3,(H,17,18). The molecular formula is C16H14N2. The van der Waals surface area contributed by atoms with Crippen LogP contribution in [0.25, 0.3) is 10.8 Å². The molecule has 0 unspecified atom stereocenters. The van der Waals surface area contributed by atoms with Gasteiger partial charge in [0.15, 0.2) is 0 Å². The van der Waals surface area contributed by atoms with E-state index < -0.39 is 0 Å². The van der Waals surface area contributed by atoms with Crippen LogP contribution in [0.2, 0.25) is 0 Å². The summed E-state index contributed by atoms with van der Waals surface area (Å²) in [6, 6.07) is 16.6. The lowest BCUT2D eigenvalue weighted by molar-refractivity contribution is 1.33. The first kappa shape index (κ1) is 10.8. The fraction of sp³-hybridized carbons (Fsp3) is 0.0625. The number of pyridine rings is 1. The van der Waals surface area contributed by atoms with E-state index in [1.54, 1.807) is 12.4 Å². The van der Waals surface area contributed by atoms with Crippen molar-refractivity contribution in [2.24, 2.45) is 0 Å². The summed E-state index contributed by atoms with van der Waals surface area (Å²) in [4.78, 5) is 4.02. The van der Waals surface area contributed by atoms with Crippen molar-refractivity contribution in [1.29, 1.82) is 0 Å². The van der Waals surface area contributed by atoms with Gasteiger partial charge in [-0.05, 0) is 36.1 Å². The van der Waals surface area contributed by atoms with Gasteiger partial charge in [0.25, 0.3) is 0 Å².